The van der Waals surface area contributed by atoms with Crippen LogP contribution in [0.5, 0.6) is 0 Å². The largest absolute Gasteiger partial charge is 0.481 e. The molecule has 0 aliphatic rings. The molecule has 0 aliphatic heterocycles. The van der Waals surface area contributed by atoms with Crippen LogP contribution in [-0.4, -0.2) is 23.5 Å². The Balaban J connectivity index is 2.53. The van der Waals surface area contributed by atoms with Gasteiger partial charge in [0, 0.05) is 6.54 Å². The van der Waals surface area contributed by atoms with Crippen molar-refractivity contribution in [3.05, 3.63) is 23.2 Å². The van der Waals surface area contributed by atoms with Crippen LogP contribution in [0.3, 0.4) is 0 Å². The third-order valence-electron chi connectivity index (χ3n) is 2.90. The Labute approximate surface area is 106 Å². The summed E-state index contributed by atoms with van der Waals surface area (Å²) in [6.07, 6.45) is 0.379. The number of furan rings is 1. The normalized spacial score (nSPS) is 11.3. The fourth-order valence-corrected chi connectivity index (χ4v) is 1.55. The van der Waals surface area contributed by atoms with Gasteiger partial charge in [-0.05, 0) is 40.2 Å². The number of hydrogen-bond acceptors (Lipinski definition) is 3. The maximum absolute atomic E-state index is 11.8. The van der Waals surface area contributed by atoms with E-state index in [1.54, 1.807) is 33.8 Å². The van der Waals surface area contributed by atoms with Crippen molar-refractivity contribution < 1.29 is 19.1 Å². The Kier molecular flexibility index (Phi) is 4.16. The molecule has 0 unspecified atom stereocenters. The van der Waals surface area contributed by atoms with Crippen LogP contribution in [0, 0.1) is 19.3 Å². The van der Waals surface area contributed by atoms with Gasteiger partial charge in [-0.2, -0.15) is 0 Å². The maximum Gasteiger partial charge on any atom is 0.309 e. The first-order valence-corrected chi connectivity index (χ1v) is 5.82. The summed E-state index contributed by atoms with van der Waals surface area (Å²) in [5.41, 5.74) is -0.338. The van der Waals surface area contributed by atoms with Crippen LogP contribution < -0.4 is 5.32 Å². The third-order valence-corrected chi connectivity index (χ3v) is 2.90. The van der Waals surface area contributed by atoms with Gasteiger partial charge >= 0.3 is 5.97 Å². The predicted molar refractivity (Wildman–Crippen MR) is 66.5 cm³/mol. The monoisotopic (exact) mass is 253 g/mol. The molecule has 0 aliphatic carbocycles. The van der Waals surface area contributed by atoms with E-state index >= 15 is 0 Å². The number of aryl methyl sites for hydroxylation is 2. The van der Waals surface area contributed by atoms with Crippen LogP contribution in [0.1, 0.15) is 42.1 Å². The Hall–Kier alpha value is -1.78. The highest BCUT2D eigenvalue weighted by molar-refractivity contribution is 5.95. The number of carboxylic acid groups (broad SMARTS) is 1. The number of nitrogens with one attached hydrogen (secondary N) is 1. The van der Waals surface area contributed by atoms with Crippen molar-refractivity contribution in [3.8, 4) is 0 Å². The summed E-state index contributed by atoms with van der Waals surface area (Å²) in [5, 5.41) is 11.6. The van der Waals surface area contributed by atoms with E-state index in [0.717, 1.165) is 0 Å². The summed E-state index contributed by atoms with van der Waals surface area (Å²) in [4.78, 5) is 22.7. The lowest BCUT2D eigenvalue weighted by molar-refractivity contribution is -0.147. The third kappa shape index (κ3) is 3.35. The van der Waals surface area contributed by atoms with Crippen molar-refractivity contribution in [2.75, 3.05) is 6.54 Å². The molecule has 5 heteroatoms. The van der Waals surface area contributed by atoms with E-state index in [1.807, 2.05) is 0 Å². The van der Waals surface area contributed by atoms with Crippen molar-refractivity contribution in [2.45, 2.75) is 34.1 Å². The standard InChI is InChI=1S/C13H19NO4/c1-8-7-10(9(2)18-8)11(15)14-6-5-13(3,4)12(16)17/h7H,5-6H2,1-4H3,(H,14,15)(H,16,17). The number of hydrogen-bond donors (Lipinski definition) is 2. The molecule has 0 atom stereocenters. The second kappa shape index (κ2) is 5.25. The molecule has 5 nitrogen and oxygen atoms in total. The van der Waals surface area contributed by atoms with Crippen molar-refractivity contribution >= 4 is 11.9 Å². The lowest BCUT2D eigenvalue weighted by Gasteiger charge is -2.18. The van der Waals surface area contributed by atoms with E-state index < -0.39 is 11.4 Å². The summed E-state index contributed by atoms with van der Waals surface area (Å²) >= 11 is 0. The minimum Gasteiger partial charge on any atom is -0.481 e. The van der Waals surface area contributed by atoms with Gasteiger partial charge in [0.25, 0.3) is 5.91 Å². The first kappa shape index (κ1) is 14.3. The Morgan fingerprint density at radius 1 is 1.39 bits per heavy atom. The average Bonchev–Trinajstić information content (AvgIpc) is 2.57. The van der Waals surface area contributed by atoms with Crippen LogP contribution in [0.15, 0.2) is 10.5 Å². The zero-order chi connectivity index (χ0) is 13.9. The van der Waals surface area contributed by atoms with Gasteiger partial charge in [0.05, 0.1) is 11.0 Å². The Morgan fingerprint density at radius 2 is 2.00 bits per heavy atom. The Bertz CT molecular complexity index is 460. The van der Waals surface area contributed by atoms with Gasteiger partial charge in [0.1, 0.15) is 11.5 Å². The van der Waals surface area contributed by atoms with Crippen LogP contribution in [0.2, 0.25) is 0 Å². The van der Waals surface area contributed by atoms with Crippen molar-refractivity contribution in [1.29, 1.82) is 0 Å². The lowest BCUT2D eigenvalue weighted by Crippen LogP contribution is -2.32. The van der Waals surface area contributed by atoms with Gasteiger partial charge in [-0.15, -0.1) is 0 Å². The first-order chi connectivity index (χ1) is 8.24. The molecular weight excluding hydrogens is 234 g/mol. The van der Waals surface area contributed by atoms with E-state index in [-0.39, 0.29) is 5.91 Å². The molecule has 0 saturated heterocycles. The highest BCUT2D eigenvalue weighted by Crippen LogP contribution is 2.19. The molecule has 1 aromatic rings. The first-order valence-electron chi connectivity index (χ1n) is 5.82. The molecular formula is C13H19NO4. The smallest absolute Gasteiger partial charge is 0.309 e. The Morgan fingerprint density at radius 3 is 2.44 bits per heavy atom. The van der Waals surface area contributed by atoms with E-state index in [2.05, 4.69) is 5.32 Å². The van der Waals surface area contributed by atoms with Gasteiger partial charge in [0.15, 0.2) is 0 Å². The van der Waals surface area contributed by atoms with Crippen LogP contribution in [-0.2, 0) is 4.79 Å². The van der Waals surface area contributed by atoms with Crippen molar-refractivity contribution in [3.63, 3.8) is 0 Å². The molecule has 0 radical (unpaired) electrons. The summed E-state index contributed by atoms with van der Waals surface area (Å²) in [6, 6.07) is 1.67. The van der Waals surface area contributed by atoms with Crippen LogP contribution >= 0.6 is 0 Å². The summed E-state index contributed by atoms with van der Waals surface area (Å²) < 4.78 is 5.27. The summed E-state index contributed by atoms with van der Waals surface area (Å²) in [5.74, 6) is 0.156. The van der Waals surface area contributed by atoms with Crippen LogP contribution in [0.4, 0.5) is 0 Å². The second-order valence-electron chi connectivity index (χ2n) is 5.02. The molecule has 0 fully saturated rings. The fraction of sp³-hybridized carbons (Fsp3) is 0.538. The molecule has 1 rings (SSSR count). The molecule has 0 saturated carbocycles. The number of aliphatic carboxylic acids is 1. The van der Waals surface area contributed by atoms with E-state index in [9.17, 15) is 9.59 Å². The molecule has 0 aromatic carbocycles. The van der Waals surface area contributed by atoms with Crippen LogP contribution in [0.25, 0.3) is 0 Å². The number of rotatable bonds is 5. The predicted octanol–water partition coefficient (Wildman–Crippen LogP) is 2.13. The number of carboxylic acids is 1. The summed E-state index contributed by atoms with van der Waals surface area (Å²) in [7, 11) is 0. The fourth-order valence-electron chi connectivity index (χ4n) is 1.55. The second-order valence-corrected chi connectivity index (χ2v) is 5.02. The SMILES string of the molecule is Cc1cc(C(=O)NCCC(C)(C)C(=O)O)c(C)o1. The molecule has 1 aromatic heterocycles. The van der Waals surface area contributed by atoms with Crippen molar-refractivity contribution in [2.24, 2.45) is 5.41 Å². The number of carbonyl (C=O) groups is 2. The van der Waals surface area contributed by atoms with Gasteiger partial charge in [0.2, 0.25) is 0 Å². The van der Waals surface area contributed by atoms with Gasteiger partial charge < -0.3 is 14.8 Å². The topological polar surface area (TPSA) is 79.5 Å². The zero-order valence-corrected chi connectivity index (χ0v) is 11.2. The number of amides is 1. The maximum atomic E-state index is 11.8. The molecule has 100 valence electrons. The minimum atomic E-state index is -0.868. The minimum absolute atomic E-state index is 0.231. The molecule has 0 bridgehead atoms. The van der Waals surface area contributed by atoms with E-state index in [4.69, 9.17) is 9.52 Å². The average molecular weight is 253 g/mol. The van der Waals surface area contributed by atoms with Gasteiger partial charge in [-0.3, -0.25) is 9.59 Å². The molecule has 1 heterocycles. The molecule has 1 amide bonds. The molecule has 0 spiro atoms. The molecule has 2 N–H and O–H groups in total. The summed E-state index contributed by atoms with van der Waals surface area (Å²) in [6.45, 7) is 7.09. The van der Waals surface area contributed by atoms with Gasteiger partial charge in [-0.25, -0.2) is 0 Å². The van der Waals surface area contributed by atoms with Crippen molar-refractivity contribution in [1.82, 2.24) is 5.32 Å². The highest BCUT2D eigenvalue weighted by Gasteiger charge is 2.26. The highest BCUT2D eigenvalue weighted by atomic mass is 16.4. The zero-order valence-electron chi connectivity index (χ0n) is 11.2. The quantitative estimate of drug-likeness (QED) is 0.842. The number of carbonyl (C=O) groups excluding carboxylic acids is 1. The van der Waals surface area contributed by atoms with E-state index in [0.29, 0.717) is 30.0 Å². The van der Waals surface area contributed by atoms with Gasteiger partial charge in [-0.1, -0.05) is 0 Å². The molecule has 18 heavy (non-hydrogen) atoms. The lowest BCUT2D eigenvalue weighted by atomic mass is 9.90. The van der Waals surface area contributed by atoms with E-state index in [1.165, 1.54) is 0 Å².